The normalized spacial score (nSPS) is 21.2. The van der Waals surface area contributed by atoms with E-state index in [4.69, 9.17) is 4.74 Å². The van der Waals surface area contributed by atoms with Crippen molar-refractivity contribution in [2.75, 3.05) is 6.54 Å². The van der Waals surface area contributed by atoms with Crippen LogP contribution in [0.25, 0.3) is 0 Å². The van der Waals surface area contributed by atoms with Crippen LogP contribution in [0.1, 0.15) is 36.9 Å². The first-order valence-corrected chi connectivity index (χ1v) is 9.37. The average Bonchev–Trinajstić information content (AvgIpc) is 2.62. The minimum Gasteiger partial charge on any atom is -0.437 e. The van der Waals surface area contributed by atoms with Gasteiger partial charge in [0.2, 0.25) is 0 Å². The number of hydrogen-bond donors (Lipinski definition) is 0. The lowest BCUT2D eigenvalue weighted by atomic mass is 9.85. The van der Waals surface area contributed by atoms with Crippen LogP contribution >= 0.6 is 15.9 Å². The number of carbonyl (C=O) groups is 1. The zero-order chi connectivity index (χ0) is 18.7. The van der Waals surface area contributed by atoms with Gasteiger partial charge >= 0.3 is 6.09 Å². The summed E-state index contributed by atoms with van der Waals surface area (Å²) in [4.78, 5) is 14.5. The van der Waals surface area contributed by atoms with E-state index in [9.17, 15) is 9.18 Å². The Kier molecular flexibility index (Phi) is 5.47. The topological polar surface area (TPSA) is 29.5 Å². The van der Waals surface area contributed by atoms with Crippen LogP contribution in [0.5, 0.6) is 0 Å². The maximum Gasteiger partial charge on any atom is 0.411 e. The van der Waals surface area contributed by atoms with Gasteiger partial charge in [0, 0.05) is 29.4 Å². The summed E-state index contributed by atoms with van der Waals surface area (Å²) >= 11 is 3.42. The summed E-state index contributed by atoms with van der Waals surface area (Å²) < 4.78 is 21.2. The fourth-order valence-electron chi connectivity index (χ4n) is 3.45. The van der Waals surface area contributed by atoms with Crippen molar-refractivity contribution in [2.45, 2.75) is 31.4 Å². The van der Waals surface area contributed by atoms with Crippen molar-refractivity contribution in [3.63, 3.8) is 0 Å². The molecule has 0 saturated carbocycles. The molecule has 2 aromatic rings. The standard InChI is InChI=1S/C21H21BrFNO2/c1-3-12-21(18-6-4-5-7-19(18)23)13-14-24(20(25)26-21)15(2)16-8-10-17(22)11-9-16/h3-11,15H,1,12-14H2,2H3/t15-,21-/m0/s1. The van der Waals surface area contributed by atoms with Crippen molar-refractivity contribution in [3.8, 4) is 0 Å². The van der Waals surface area contributed by atoms with E-state index in [1.807, 2.05) is 31.2 Å². The van der Waals surface area contributed by atoms with Gasteiger partial charge in [-0.3, -0.25) is 0 Å². The Morgan fingerprint density at radius 3 is 2.62 bits per heavy atom. The van der Waals surface area contributed by atoms with E-state index >= 15 is 0 Å². The van der Waals surface area contributed by atoms with Crippen molar-refractivity contribution in [1.29, 1.82) is 0 Å². The summed E-state index contributed by atoms with van der Waals surface area (Å²) in [7, 11) is 0. The molecule has 0 aliphatic carbocycles. The molecule has 0 N–H and O–H groups in total. The lowest BCUT2D eigenvalue weighted by Gasteiger charge is -2.43. The molecule has 1 aliphatic heterocycles. The molecule has 2 atom stereocenters. The number of hydrogen-bond acceptors (Lipinski definition) is 2. The summed E-state index contributed by atoms with van der Waals surface area (Å²) in [5.41, 5.74) is 0.427. The van der Waals surface area contributed by atoms with Gasteiger partial charge in [0.15, 0.2) is 0 Å². The van der Waals surface area contributed by atoms with Gasteiger partial charge in [0.25, 0.3) is 0 Å². The highest BCUT2D eigenvalue weighted by molar-refractivity contribution is 9.10. The molecule has 1 aliphatic rings. The number of rotatable bonds is 5. The highest BCUT2D eigenvalue weighted by Crippen LogP contribution is 2.40. The molecule has 0 aromatic heterocycles. The van der Waals surface area contributed by atoms with E-state index in [0.717, 1.165) is 10.0 Å². The van der Waals surface area contributed by atoms with E-state index < -0.39 is 11.7 Å². The maximum atomic E-state index is 14.4. The molecule has 1 heterocycles. The lowest BCUT2D eigenvalue weighted by molar-refractivity contribution is -0.0606. The predicted molar refractivity (Wildman–Crippen MR) is 103 cm³/mol. The van der Waals surface area contributed by atoms with Gasteiger partial charge in [-0.1, -0.05) is 52.3 Å². The number of amides is 1. The fraction of sp³-hybridized carbons (Fsp3) is 0.286. The zero-order valence-electron chi connectivity index (χ0n) is 14.6. The molecule has 1 fully saturated rings. The van der Waals surface area contributed by atoms with Crippen LogP contribution in [0.15, 0.2) is 65.7 Å². The number of cyclic esters (lactones) is 1. The number of ether oxygens (including phenoxy) is 1. The SMILES string of the molecule is C=CC[C@@]1(c2ccccc2F)CCN([C@@H](C)c2ccc(Br)cc2)C(=O)O1. The van der Waals surface area contributed by atoms with Gasteiger partial charge in [-0.2, -0.15) is 0 Å². The molecular formula is C21H21BrFNO2. The van der Waals surface area contributed by atoms with Crippen LogP contribution in [0.2, 0.25) is 0 Å². The smallest absolute Gasteiger partial charge is 0.411 e. The van der Waals surface area contributed by atoms with Crippen LogP contribution in [0.4, 0.5) is 9.18 Å². The summed E-state index contributed by atoms with van der Waals surface area (Å²) in [6, 6.07) is 14.2. The second kappa shape index (κ2) is 7.62. The van der Waals surface area contributed by atoms with E-state index in [0.29, 0.717) is 24.9 Å². The van der Waals surface area contributed by atoms with Crippen molar-refractivity contribution < 1.29 is 13.9 Å². The minimum absolute atomic E-state index is 0.127. The first kappa shape index (κ1) is 18.6. The summed E-state index contributed by atoms with van der Waals surface area (Å²) in [5.74, 6) is -0.364. The zero-order valence-corrected chi connectivity index (χ0v) is 16.2. The van der Waals surface area contributed by atoms with Crippen LogP contribution in [-0.4, -0.2) is 17.5 Å². The van der Waals surface area contributed by atoms with Crippen LogP contribution in [-0.2, 0) is 10.3 Å². The van der Waals surface area contributed by atoms with Crippen LogP contribution in [0, 0.1) is 5.82 Å². The summed E-state index contributed by atoms with van der Waals surface area (Å²) in [6.07, 6.45) is 2.12. The molecule has 0 spiro atoms. The highest BCUT2D eigenvalue weighted by atomic mass is 79.9. The van der Waals surface area contributed by atoms with Crippen molar-refractivity contribution in [2.24, 2.45) is 0 Å². The first-order valence-electron chi connectivity index (χ1n) is 8.58. The van der Waals surface area contributed by atoms with Crippen molar-refractivity contribution in [1.82, 2.24) is 4.90 Å². The number of nitrogens with zero attached hydrogens (tertiary/aromatic N) is 1. The molecule has 26 heavy (non-hydrogen) atoms. The Hall–Kier alpha value is -2.14. The quantitative estimate of drug-likeness (QED) is 0.561. The van der Waals surface area contributed by atoms with E-state index in [-0.39, 0.29) is 11.9 Å². The second-order valence-electron chi connectivity index (χ2n) is 6.51. The second-order valence-corrected chi connectivity index (χ2v) is 7.42. The van der Waals surface area contributed by atoms with Crippen LogP contribution < -0.4 is 0 Å². The van der Waals surface area contributed by atoms with Crippen LogP contribution in [0.3, 0.4) is 0 Å². The third kappa shape index (κ3) is 3.54. The molecule has 1 saturated heterocycles. The molecule has 0 bridgehead atoms. The third-order valence-corrected chi connectivity index (χ3v) is 5.46. The highest BCUT2D eigenvalue weighted by Gasteiger charge is 2.44. The molecular weight excluding hydrogens is 397 g/mol. The van der Waals surface area contributed by atoms with Gasteiger partial charge in [-0.05, 0) is 30.7 Å². The molecule has 0 radical (unpaired) electrons. The minimum atomic E-state index is -1.000. The predicted octanol–water partition coefficient (Wildman–Crippen LogP) is 5.96. The molecule has 1 amide bonds. The molecule has 3 rings (SSSR count). The monoisotopic (exact) mass is 417 g/mol. The molecule has 3 nitrogen and oxygen atoms in total. The Balaban J connectivity index is 1.85. The Bertz CT molecular complexity index is 808. The van der Waals surface area contributed by atoms with Gasteiger partial charge in [-0.15, -0.1) is 6.58 Å². The number of benzene rings is 2. The molecule has 2 aromatic carbocycles. The molecule has 5 heteroatoms. The average molecular weight is 418 g/mol. The van der Waals surface area contributed by atoms with E-state index in [1.165, 1.54) is 6.07 Å². The maximum absolute atomic E-state index is 14.4. The summed E-state index contributed by atoms with van der Waals surface area (Å²) in [5, 5.41) is 0. The molecule has 136 valence electrons. The van der Waals surface area contributed by atoms with Gasteiger partial charge in [0.05, 0.1) is 6.04 Å². The number of halogens is 2. The van der Waals surface area contributed by atoms with E-state index in [2.05, 4.69) is 22.5 Å². The lowest BCUT2D eigenvalue weighted by Crippen LogP contribution is -2.48. The number of carbonyl (C=O) groups excluding carboxylic acids is 1. The molecule has 0 unspecified atom stereocenters. The summed E-state index contributed by atoms with van der Waals surface area (Å²) in [6.45, 7) is 6.21. The van der Waals surface area contributed by atoms with E-state index in [1.54, 1.807) is 29.2 Å². The van der Waals surface area contributed by atoms with Crippen molar-refractivity contribution in [3.05, 3.63) is 82.6 Å². The van der Waals surface area contributed by atoms with Crippen molar-refractivity contribution >= 4 is 22.0 Å². The third-order valence-electron chi connectivity index (χ3n) is 4.93. The Morgan fingerprint density at radius 1 is 1.31 bits per heavy atom. The van der Waals surface area contributed by atoms with Gasteiger partial charge in [-0.25, -0.2) is 9.18 Å². The Labute approximate surface area is 161 Å². The first-order chi connectivity index (χ1) is 12.5. The van der Waals surface area contributed by atoms with Gasteiger partial charge in [0.1, 0.15) is 11.4 Å². The fourth-order valence-corrected chi connectivity index (χ4v) is 3.71. The Morgan fingerprint density at radius 2 is 2.00 bits per heavy atom. The van der Waals surface area contributed by atoms with Gasteiger partial charge < -0.3 is 9.64 Å². The largest absolute Gasteiger partial charge is 0.437 e.